The van der Waals surface area contributed by atoms with E-state index >= 15 is 0 Å². The molecule has 0 bridgehead atoms. The Morgan fingerprint density at radius 2 is 1.67 bits per heavy atom. The van der Waals surface area contributed by atoms with Gasteiger partial charge in [-0.1, -0.05) is 27.2 Å². The fourth-order valence-corrected chi connectivity index (χ4v) is 5.33. The summed E-state index contributed by atoms with van der Waals surface area (Å²) in [7, 11) is 6.16. The molecular formula is C29H53N5O8. The Morgan fingerprint density at radius 3 is 2.19 bits per heavy atom. The summed E-state index contributed by atoms with van der Waals surface area (Å²) in [6, 6.07) is -0.772. The molecule has 13 nitrogen and oxygen atoms in total. The van der Waals surface area contributed by atoms with Crippen LogP contribution in [0.2, 0.25) is 0 Å². The molecular weight excluding hydrogens is 546 g/mol. The van der Waals surface area contributed by atoms with Crippen LogP contribution in [0.3, 0.4) is 0 Å². The van der Waals surface area contributed by atoms with Gasteiger partial charge < -0.3 is 40.0 Å². The van der Waals surface area contributed by atoms with Crippen molar-refractivity contribution in [2.75, 3.05) is 47.9 Å². The average molecular weight is 600 g/mol. The van der Waals surface area contributed by atoms with Crippen LogP contribution in [0, 0.1) is 11.8 Å². The molecule has 242 valence electrons. The summed E-state index contributed by atoms with van der Waals surface area (Å²) in [6.07, 6.45) is 0.299. The summed E-state index contributed by atoms with van der Waals surface area (Å²) in [5.74, 6) is -1.76. The number of rotatable bonds is 15. The molecule has 0 aromatic rings. The lowest BCUT2D eigenvalue weighted by molar-refractivity contribution is -0.145. The standard InChI is InChI=1S/C29H53N5O8/c1-11-18(2)25(33(8)24(37)17-32-28(39)42-29(4,5)6)21(40-9)15-23(36)34-14-12-13-20(34)26(41-10)19(3)27(38)31-16-22(35)30-7/h18-21,25-26H,11-17H2,1-10H3,(H,30,35)(H,31,38)(H,32,39). The molecule has 1 aliphatic rings. The highest BCUT2D eigenvalue weighted by molar-refractivity contribution is 5.86. The summed E-state index contributed by atoms with van der Waals surface area (Å²) in [4.78, 5) is 66.5. The molecule has 0 aliphatic carbocycles. The normalized spacial score (nSPS) is 18.7. The summed E-state index contributed by atoms with van der Waals surface area (Å²) in [6.45, 7) is 11.0. The number of alkyl carbamates (subject to hydrolysis) is 1. The van der Waals surface area contributed by atoms with Gasteiger partial charge in [-0.25, -0.2) is 4.79 Å². The van der Waals surface area contributed by atoms with Gasteiger partial charge in [-0.15, -0.1) is 0 Å². The minimum absolute atomic E-state index is 0.0108. The summed E-state index contributed by atoms with van der Waals surface area (Å²) in [5.41, 5.74) is -0.692. The lowest BCUT2D eigenvalue weighted by atomic mass is 9.90. The number of likely N-dealkylation sites (tertiary alicyclic amines) is 1. The van der Waals surface area contributed by atoms with Crippen LogP contribution in [0.1, 0.15) is 67.2 Å². The van der Waals surface area contributed by atoms with Crippen molar-refractivity contribution in [2.45, 2.75) is 97.1 Å². The molecule has 1 aliphatic heterocycles. The molecule has 13 heteroatoms. The number of methoxy groups -OCH3 is 2. The van der Waals surface area contributed by atoms with Crippen LogP contribution in [0.4, 0.5) is 4.79 Å². The van der Waals surface area contributed by atoms with Crippen molar-refractivity contribution in [1.82, 2.24) is 25.8 Å². The lowest BCUT2D eigenvalue weighted by Crippen LogP contribution is -2.54. The van der Waals surface area contributed by atoms with E-state index in [1.54, 1.807) is 39.6 Å². The van der Waals surface area contributed by atoms with Crippen molar-refractivity contribution in [2.24, 2.45) is 11.8 Å². The predicted molar refractivity (Wildman–Crippen MR) is 157 cm³/mol. The zero-order valence-electron chi connectivity index (χ0n) is 27.1. The smallest absolute Gasteiger partial charge is 0.408 e. The molecule has 3 N–H and O–H groups in total. The second kappa shape index (κ2) is 17.3. The molecule has 0 radical (unpaired) electrons. The predicted octanol–water partition coefficient (Wildman–Crippen LogP) is 1.29. The maximum absolute atomic E-state index is 13.7. The molecule has 6 atom stereocenters. The van der Waals surface area contributed by atoms with Gasteiger partial charge in [0.1, 0.15) is 12.1 Å². The van der Waals surface area contributed by atoms with Crippen molar-refractivity contribution in [3.05, 3.63) is 0 Å². The van der Waals surface area contributed by atoms with Gasteiger partial charge >= 0.3 is 6.09 Å². The van der Waals surface area contributed by atoms with Crippen LogP contribution in [0.5, 0.6) is 0 Å². The Kier molecular flexibility index (Phi) is 15.2. The first kappa shape index (κ1) is 37.1. The third kappa shape index (κ3) is 11.0. The zero-order valence-corrected chi connectivity index (χ0v) is 27.1. The lowest BCUT2D eigenvalue weighted by Gasteiger charge is -2.39. The Labute approximate surface area is 250 Å². The molecule has 42 heavy (non-hydrogen) atoms. The van der Waals surface area contributed by atoms with Gasteiger partial charge in [-0.2, -0.15) is 0 Å². The number of carbonyl (C=O) groups excluding carboxylic acids is 5. The van der Waals surface area contributed by atoms with E-state index in [9.17, 15) is 24.0 Å². The molecule has 1 heterocycles. The quantitative estimate of drug-likeness (QED) is 0.254. The van der Waals surface area contributed by atoms with Crippen LogP contribution in [-0.2, 0) is 33.4 Å². The third-order valence-corrected chi connectivity index (χ3v) is 7.79. The topological polar surface area (TPSA) is 156 Å². The maximum atomic E-state index is 13.7. The largest absolute Gasteiger partial charge is 0.444 e. The van der Waals surface area contributed by atoms with Gasteiger partial charge in [0.2, 0.25) is 23.6 Å². The van der Waals surface area contributed by atoms with E-state index < -0.39 is 35.9 Å². The van der Waals surface area contributed by atoms with Crippen LogP contribution in [0.15, 0.2) is 0 Å². The molecule has 1 fully saturated rings. The number of nitrogens with one attached hydrogen (secondary N) is 3. The monoisotopic (exact) mass is 599 g/mol. The van der Waals surface area contributed by atoms with E-state index in [2.05, 4.69) is 16.0 Å². The number of ether oxygens (including phenoxy) is 3. The highest BCUT2D eigenvalue weighted by Crippen LogP contribution is 2.29. The van der Waals surface area contributed by atoms with Crippen LogP contribution < -0.4 is 16.0 Å². The molecule has 6 unspecified atom stereocenters. The Hall–Kier alpha value is -2.93. The molecule has 0 aromatic heterocycles. The minimum atomic E-state index is -0.692. The Morgan fingerprint density at radius 1 is 1.02 bits per heavy atom. The van der Waals surface area contributed by atoms with Crippen molar-refractivity contribution in [3.63, 3.8) is 0 Å². The van der Waals surface area contributed by atoms with Crippen LogP contribution in [0.25, 0.3) is 0 Å². The number of amides is 5. The van der Waals surface area contributed by atoms with Crippen LogP contribution >= 0.6 is 0 Å². The van der Waals surface area contributed by atoms with E-state index in [1.165, 1.54) is 26.2 Å². The Bertz CT molecular complexity index is 924. The molecule has 1 saturated heterocycles. The first-order valence-corrected chi connectivity index (χ1v) is 14.7. The van der Waals surface area contributed by atoms with Crippen molar-refractivity contribution in [1.29, 1.82) is 0 Å². The van der Waals surface area contributed by atoms with E-state index in [1.807, 2.05) is 13.8 Å². The minimum Gasteiger partial charge on any atom is -0.444 e. The number of likely N-dealkylation sites (N-methyl/N-ethyl adjacent to an activating group) is 2. The molecule has 0 aromatic carbocycles. The van der Waals surface area contributed by atoms with Gasteiger partial charge in [0, 0.05) is 34.9 Å². The summed E-state index contributed by atoms with van der Waals surface area (Å²) in [5, 5.41) is 7.58. The molecule has 1 rings (SSSR count). The first-order valence-electron chi connectivity index (χ1n) is 14.7. The van der Waals surface area contributed by atoms with Crippen LogP contribution in [-0.4, -0.2) is 117 Å². The van der Waals surface area contributed by atoms with Gasteiger partial charge in [0.05, 0.1) is 43.2 Å². The van der Waals surface area contributed by atoms with E-state index in [0.29, 0.717) is 13.0 Å². The van der Waals surface area contributed by atoms with Gasteiger partial charge in [0.25, 0.3) is 0 Å². The maximum Gasteiger partial charge on any atom is 0.408 e. The van der Waals surface area contributed by atoms with Crippen molar-refractivity contribution >= 4 is 29.7 Å². The summed E-state index contributed by atoms with van der Waals surface area (Å²) >= 11 is 0. The van der Waals surface area contributed by atoms with Gasteiger partial charge in [-0.3, -0.25) is 19.2 Å². The van der Waals surface area contributed by atoms with Crippen molar-refractivity contribution in [3.8, 4) is 0 Å². The number of carbonyl (C=O) groups is 5. The molecule has 0 saturated carbocycles. The van der Waals surface area contributed by atoms with Gasteiger partial charge in [0.15, 0.2) is 0 Å². The number of hydrogen-bond acceptors (Lipinski definition) is 8. The summed E-state index contributed by atoms with van der Waals surface area (Å²) < 4.78 is 16.8. The Balaban J connectivity index is 3.02. The SMILES string of the molecule is CCC(C)C(C(CC(=O)N1CCCC1C(OC)C(C)C(=O)NCC(=O)NC)OC)N(C)C(=O)CNC(=O)OC(C)(C)C. The van der Waals surface area contributed by atoms with Gasteiger partial charge in [-0.05, 0) is 39.5 Å². The first-order chi connectivity index (χ1) is 19.6. The van der Waals surface area contributed by atoms with E-state index in [-0.39, 0.29) is 55.1 Å². The highest BCUT2D eigenvalue weighted by atomic mass is 16.6. The second-order valence-electron chi connectivity index (χ2n) is 11.9. The fourth-order valence-electron chi connectivity index (χ4n) is 5.33. The third-order valence-electron chi connectivity index (χ3n) is 7.79. The highest BCUT2D eigenvalue weighted by Gasteiger charge is 2.42. The van der Waals surface area contributed by atoms with E-state index in [0.717, 1.165) is 12.8 Å². The molecule has 5 amide bonds. The average Bonchev–Trinajstić information content (AvgIpc) is 3.42. The second-order valence-corrected chi connectivity index (χ2v) is 11.9. The number of hydrogen-bond donors (Lipinski definition) is 3. The molecule has 0 spiro atoms. The van der Waals surface area contributed by atoms with Crippen molar-refractivity contribution < 1.29 is 38.2 Å². The van der Waals surface area contributed by atoms with E-state index in [4.69, 9.17) is 14.2 Å². The fraction of sp³-hybridized carbons (Fsp3) is 0.828. The number of nitrogens with zero attached hydrogens (tertiary/aromatic N) is 2. The zero-order chi connectivity index (χ0) is 32.2.